The molecule has 6 rings (SSSR count). The average Bonchev–Trinajstić information content (AvgIpc) is 3.25. The Labute approximate surface area is 354 Å². The summed E-state index contributed by atoms with van der Waals surface area (Å²) in [5, 5.41) is 0. The molecule has 15 heteroatoms. The number of alkyl halides is 2. The summed E-state index contributed by atoms with van der Waals surface area (Å²) in [6.45, 7) is 5.29. The molecule has 0 aliphatic carbocycles. The lowest BCUT2D eigenvalue weighted by atomic mass is 9.76. The SMILES string of the molecule is CC(C)Oc1ccc(C(CF)(CF)c2ccc(Oc3c(F)c(F)c(C(=O)c4ccc(Oc5ccc(C(=O)c6c(F)c(F)c(C(C)(C)C)c(F)c6F)cc5)cc4)c(F)c3F)cc2)cc1. The predicted molar refractivity (Wildman–Crippen MR) is 213 cm³/mol. The van der Waals surface area contributed by atoms with E-state index in [1.54, 1.807) is 12.1 Å². The average molecular weight is 883 g/mol. The Morgan fingerprint density at radius 3 is 1.16 bits per heavy atom. The number of ketones is 2. The molecule has 0 saturated carbocycles. The van der Waals surface area contributed by atoms with E-state index in [1.165, 1.54) is 57.2 Å². The summed E-state index contributed by atoms with van der Waals surface area (Å²) in [5.41, 5.74) is -7.38. The van der Waals surface area contributed by atoms with Crippen LogP contribution >= 0.6 is 0 Å². The largest absolute Gasteiger partial charge is 0.491 e. The zero-order chi connectivity index (χ0) is 46.1. The molecule has 0 bridgehead atoms. The molecule has 5 nitrogen and oxygen atoms in total. The molecule has 0 aliphatic heterocycles. The highest BCUT2D eigenvalue weighted by Gasteiger charge is 2.37. The molecule has 0 fully saturated rings. The van der Waals surface area contributed by atoms with E-state index in [4.69, 9.17) is 14.2 Å². The van der Waals surface area contributed by atoms with E-state index >= 15 is 17.6 Å². The van der Waals surface area contributed by atoms with Gasteiger partial charge in [0.1, 0.15) is 47.5 Å². The van der Waals surface area contributed by atoms with Gasteiger partial charge in [-0.1, -0.05) is 45.0 Å². The van der Waals surface area contributed by atoms with E-state index in [-0.39, 0.29) is 40.0 Å². The van der Waals surface area contributed by atoms with Crippen molar-refractivity contribution in [1.82, 2.24) is 0 Å². The molecule has 6 aromatic carbocycles. The molecule has 6 aromatic rings. The Balaban J connectivity index is 1.16. The maximum atomic E-state index is 15.4. The molecule has 328 valence electrons. The van der Waals surface area contributed by atoms with Gasteiger partial charge in [-0.3, -0.25) is 9.59 Å². The van der Waals surface area contributed by atoms with Crippen LogP contribution in [0.5, 0.6) is 28.7 Å². The number of hydrogen-bond donors (Lipinski definition) is 0. The normalized spacial score (nSPS) is 11.8. The van der Waals surface area contributed by atoms with Gasteiger partial charge in [0.2, 0.25) is 17.4 Å². The van der Waals surface area contributed by atoms with E-state index in [9.17, 15) is 35.9 Å². The minimum Gasteiger partial charge on any atom is -0.491 e. The number of halogens is 10. The van der Waals surface area contributed by atoms with Crippen molar-refractivity contribution in [3.05, 3.63) is 183 Å². The first-order valence-electron chi connectivity index (χ1n) is 19.1. The first kappa shape index (κ1) is 45.9. The monoisotopic (exact) mass is 882 g/mol. The Bertz CT molecular complexity index is 2610. The van der Waals surface area contributed by atoms with Crippen molar-refractivity contribution in [3.63, 3.8) is 0 Å². The standard InChI is InChI=1S/C48H36F10O5/c1-24(2)61-29-18-10-27(11-19-29)48(22-49,23-50)28-12-20-32(21-13-28)63-46-42(57)38(53)34(39(54)43(46)58)45(60)26-8-16-31(17-9-26)62-30-14-6-25(7-15-30)44(59)33-36(51)40(55)35(47(3,4)5)41(56)37(33)52/h6-21,24H,22-23H2,1-5H3. The topological polar surface area (TPSA) is 61.8 Å². The lowest BCUT2D eigenvalue weighted by Gasteiger charge is -2.29. The van der Waals surface area contributed by atoms with Crippen molar-refractivity contribution in [3.8, 4) is 28.7 Å². The second-order valence-corrected chi connectivity index (χ2v) is 15.7. The van der Waals surface area contributed by atoms with Gasteiger partial charge in [0.15, 0.2) is 46.5 Å². The quantitative estimate of drug-likeness (QED) is 0.0619. The summed E-state index contributed by atoms with van der Waals surface area (Å²) in [5.74, 6) is -19.6. The third-order valence-electron chi connectivity index (χ3n) is 10.0. The Morgan fingerprint density at radius 2 is 0.810 bits per heavy atom. The van der Waals surface area contributed by atoms with Crippen molar-refractivity contribution in [2.75, 3.05) is 13.3 Å². The van der Waals surface area contributed by atoms with Crippen LogP contribution in [0.1, 0.15) is 83.2 Å². The molecule has 0 spiro atoms. The summed E-state index contributed by atoms with van der Waals surface area (Å²) >= 11 is 0. The number of carbonyl (C=O) groups excluding carboxylic acids is 2. The van der Waals surface area contributed by atoms with Crippen molar-refractivity contribution in [2.24, 2.45) is 0 Å². The first-order valence-corrected chi connectivity index (χ1v) is 19.1. The van der Waals surface area contributed by atoms with Gasteiger partial charge in [-0.25, -0.2) is 35.1 Å². The van der Waals surface area contributed by atoms with Gasteiger partial charge >= 0.3 is 0 Å². The summed E-state index contributed by atoms with van der Waals surface area (Å²) in [6.07, 6.45) is -0.144. The van der Waals surface area contributed by atoms with Crippen LogP contribution in [0.15, 0.2) is 97.1 Å². The van der Waals surface area contributed by atoms with Gasteiger partial charge in [0, 0.05) is 16.7 Å². The molecule has 63 heavy (non-hydrogen) atoms. The van der Waals surface area contributed by atoms with Crippen LogP contribution in [0, 0.1) is 46.5 Å². The van der Waals surface area contributed by atoms with Gasteiger partial charge in [0.25, 0.3) is 0 Å². The molecule has 0 aromatic heterocycles. The smallest absolute Gasteiger partial charge is 0.205 e. The predicted octanol–water partition coefficient (Wildman–Crippen LogP) is 13.2. The van der Waals surface area contributed by atoms with Gasteiger partial charge < -0.3 is 14.2 Å². The van der Waals surface area contributed by atoms with Crippen LogP contribution in [0.3, 0.4) is 0 Å². The van der Waals surface area contributed by atoms with E-state index < -0.39 is 110 Å². The third kappa shape index (κ3) is 8.86. The van der Waals surface area contributed by atoms with Crippen molar-refractivity contribution < 1.29 is 67.7 Å². The van der Waals surface area contributed by atoms with Gasteiger partial charge in [-0.05, 0) is 103 Å². The molecule has 0 unspecified atom stereocenters. The molecular weight excluding hydrogens is 847 g/mol. The Kier molecular flexibility index (Phi) is 13.1. The summed E-state index contributed by atoms with van der Waals surface area (Å²) in [6, 6.07) is 19.6. The van der Waals surface area contributed by atoms with Gasteiger partial charge in [-0.15, -0.1) is 0 Å². The van der Waals surface area contributed by atoms with Crippen molar-refractivity contribution in [1.29, 1.82) is 0 Å². The fourth-order valence-corrected chi connectivity index (χ4v) is 6.76. The minimum absolute atomic E-state index is 0.00196. The molecule has 0 N–H and O–H groups in total. The molecule has 0 amide bonds. The second-order valence-electron chi connectivity index (χ2n) is 15.7. The van der Waals surface area contributed by atoms with Crippen LogP contribution in [-0.4, -0.2) is 31.0 Å². The third-order valence-corrected chi connectivity index (χ3v) is 10.0. The molecular formula is C48H36F10O5. The Morgan fingerprint density at radius 1 is 0.476 bits per heavy atom. The highest BCUT2D eigenvalue weighted by atomic mass is 19.2. The molecule has 0 atom stereocenters. The summed E-state index contributed by atoms with van der Waals surface area (Å²) in [7, 11) is 0. The molecule has 0 aliphatic rings. The van der Waals surface area contributed by atoms with E-state index in [1.807, 2.05) is 13.8 Å². The fraction of sp³-hybridized carbons (Fsp3) is 0.208. The van der Waals surface area contributed by atoms with E-state index in [0.717, 1.165) is 48.5 Å². The lowest BCUT2D eigenvalue weighted by Crippen LogP contribution is -2.32. The molecule has 0 heterocycles. The lowest BCUT2D eigenvalue weighted by molar-refractivity contribution is 0.102. The summed E-state index contributed by atoms with van der Waals surface area (Å²) < 4.78 is 166. The fourth-order valence-electron chi connectivity index (χ4n) is 6.76. The van der Waals surface area contributed by atoms with Crippen LogP contribution in [-0.2, 0) is 10.8 Å². The Hall–Kier alpha value is -6.64. The van der Waals surface area contributed by atoms with Crippen LogP contribution in [0.2, 0.25) is 0 Å². The number of carbonyl (C=O) groups is 2. The zero-order valence-electron chi connectivity index (χ0n) is 34.1. The summed E-state index contributed by atoms with van der Waals surface area (Å²) in [4.78, 5) is 26.1. The first-order chi connectivity index (χ1) is 29.7. The maximum Gasteiger partial charge on any atom is 0.205 e. The van der Waals surface area contributed by atoms with Crippen molar-refractivity contribution >= 4 is 11.6 Å². The van der Waals surface area contributed by atoms with Crippen LogP contribution < -0.4 is 14.2 Å². The van der Waals surface area contributed by atoms with Gasteiger partial charge in [-0.2, -0.15) is 8.78 Å². The number of rotatable bonds is 14. The van der Waals surface area contributed by atoms with Crippen LogP contribution in [0.25, 0.3) is 0 Å². The molecule has 0 radical (unpaired) electrons. The number of hydrogen-bond acceptors (Lipinski definition) is 5. The molecule has 0 saturated heterocycles. The van der Waals surface area contributed by atoms with Crippen LogP contribution in [0.4, 0.5) is 43.9 Å². The maximum absolute atomic E-state index is 15.4. The van der Waals surface area contributed by atoms with Gasteiger partial charge in [0.05, 0.1) is 11.5 Å². The van der Waals surface area contributed by atoms with E-state index in [0.29, 0.717) is 5.75 Å². The highest BCUT2D eigenvalue weighted by Crippen LogP contribution is 2.39. The van der Waals surface area contributed by atoms with E-state index in [2.05, 4.69) is 0 Å². The second kappa shape index (κ2) is 18.0. The highest BCUT2D eigenvalue weighted by molar-refractivity contribution is 6.10. The number of benzene rings is 6. The zero-order valence-corrected chi connectivity index (χ0v) is 34.1. The minimum atomic E-state index is -2.07. The van der Waals surface area contributed by atoms with Crippen molar-refractivity contribution in [2.45, 2.75) is 51.6 Å². The number of ether oxygens (including phenoxy) is 3.